The second kappa shape index (κ2) is 12.9. The van der Waals surface area contributed by atoms with Gasteiger partial charge in [-0.15, -0.1) is 0 Å². The fourth-order valence-corrected chi connectivity index (χ4v) is 5.21. The number of rotatable bonds is 10. The highest BCUT2D eigenvalue weighted by atomic mass is 32.2. The lowest BCUT2D eigenvalue weighted by Crippen LogP contribution is -2.44. The van der Waals surface area contributed by atoms with Crippen molar-refractivity contribution in [3.63, 3.8) is 0 Å². The third kappa shape index (κ3) is 7.94. The Bertz CT molecular complexity index is 1670. The van der Waals surface area contributed by atoms with Crippen LogP contribution in [-0.4, -0.2) is 47.2 Å². The molecule has 11 nitrogen and oxygen atoms in total. The van der Waals surface area contributed by atoms with Gasteiger partial charge in [0.15, 0.2) is 0 Å². The van der Waals surface area contributed by atoms with Crippen LogP contribution in [0.15, 0.2) is 94.9 Å². The zero-order valence-electron chi connectivity index (χ0n) is 23.9. The molecule has 0 saturated heterocycles. The number of carbonyl (C=O) groups excluding carboxylic acids is 1. The van der Waals surface area contributed by atoms with Crippen LogP contribution in [0.3, 0.4) is 0 Å². The second-order valence-corrected chi connectivity index (χ2v) is 12.3. The summed E-state index contributed by atoms with van der Waals surface area (Å²) in [7, 11) is -2.60. The lowest BCUT2D eigenvalue weighted by Gasteiger charge is -2.24. The van der Waals surface area contributed by atoms with Crippen molar-refractivity contribution >= 4 is 27.8 Å². The lowest BCUT2D eigenvalue weighted by atomic mass is 10.1. The van der Waals surface area contributed by atoms with E-state index in [0.717, 1.165) is 5.56 Å². The lowest BCUT2D eigenvalue weighted by molar-refractivity contribution is 0.0507. The van der Waals surface area contributed by atoms with Crippen molar-refractivity contribution in [3.8, 4) is 11.3 Å². The van der Waals surface area contributed by atoms with Gasteiger partial charge in [-0.1, -0.05) is 48.5 Å². The first-order valence-corrected chi connectivity index (χ1v) is 14.8. The van der Waals surface area contributed by atoms with E-state index < -0.39 is 33.3 Å². The van der Waals surface area contributed by atoms with Crippen molar-refractivity contribution in [3.05, 3.63) is 101 Å². The van der Waals surface area contributed by atoms with Crippen molar-refractivity contribution < 1.29 is 17.9 Å². The van der Waals surface area contributed by atoms with Gasteiger partial charge in [-0.3, -0.25) is 19.1 Å². The Morgan fingerprint density at radius 1 is 0.976 bits per heavy atom. The number of carbonyl (C=O) groups is 1. The summed E-state index contributed by atoms with van der Waals surface area (Å²) in [5, 5.41) is 6.06. The van der Waals surface area contributed by atoms with E-state index in [2.05, 4.69) is 25.3 Å². The van der Waals surface area contributed by atoms with E-state index in [1.54, 1.807) is 51.1 Å². The Kier molecular flexibility index (Phi) is 9.26. The fraction of sp³-hybridized carbons (Fsp3) is 0.267. The van der Waals surface area contributed by atoms with Crippen LogP contribution < -0.4 is 20.9 Å². The van der Waals surface area contributed by atoms with Crippen LogP contribution >= 0.6 is 0 Å². The van der Waals surface area contributed by atoms with Crippen LogP contribution in [0.5, 0.6) is 0 Å². The van der Waals surface area contributed by atoms with Crippen molar-refractivity contribution in [2.75, 3.05) is 16.6 Å². The van der Waals surface area contributed by atoms with Crippen LogP contribution in [0.25, 0.3) is 11.3 Å². The molecule has 1 atom stereocenters. The smallest absolute Gasteiger partial charge is 0.407 e. The van der Waals surface area contributed by atoms with Gasteiger partial charge in [0.05, 0.1) is 10.9 Å². The molecule has 220 valence electrons. The molecule has 2 aromatic heterocycles. The normalized spacial score (nSPS) is 12.3. The maximum Gasteiger partial charge on any atom is 0.407 e. The first-order chi connectivity index (χ1) is 19.9. The Morgan fingerprint density at radius 2 is 1.60 bits per heavy atom. The SMILES string of the molecule is Cn1c(NC[C@H](Cc2ccccc2)NC(=O)OC(C)(C)C)nc(-c2ccncc2)c(NS(=O)(=O)c2ccccc2)c1=O. The second-order valence-electron chi connectivity index (χ2n) is 10.6. The maximum absolute atomic E-state index is 13.6. The Labute approximate surface area is 245 Å². The van der Waals surface area contributed by atoms with Gasteiger partial charge >= 0.3 is 6.09 Å². The molecule has 0 bridgehead atoms. The number of amides is 1. The standard InChI is InChI=1S/C30H34N6O5S/c1-30(2,3)41-29(38)33-23(19-21-11-7-5-8-12-21)20-32-28-34-25(22-15-17-31-18-16-22)26(27(37)36(28)4)35-42(39,40)24-13-9-6-10-14-24/h5-18,23,35H,19-20H2,1-4H3,(H,32,34)(H,33,38)/t23-/m0/s1. The minimum Gasteiger partial charge on any atom is -0.444 e. The number of sulfonamides is 1. The van der Waals surface area contributed by atoms with Gasteiger partial charge in [-0.05, 0) is 57.0 Å². The number of pyridine rings is 1. The number of benzene rings is 2. The molecule has 42 heavy (non-hydrogen) atoms. The third-order valence-electron chi connectivity index (χ3n) is 6.09. The number of aromatic nitrogens is 3. The monoisotopic (exact) mass is 590 g/mol. The van der Waals surface area contributed by atoms with Crippen LogP contribution in [-0.2, 0) is 28.2 Å². The molecule has 0 unspecified atom stereocenters. The van der Waals surface area contributed by atoms with E-state index in [1.807, 2.05) is 30.3 Å². The average molecular weight is 591 g/mol. The minimum atomic E-state index is -4.09. The first-order valence-electron chi connectivity index (χ1n) is 13.3. The zero-order chi connectivity index (χ0) is 30.3. The molecule has 0 aliphatic rings. The number of nitrogens with one attached hydrogen (secondary N) is 3. The fourth-order valence-electron chi connectivity index (χ4n) is 4.13. The Hall–Kier alpha value is -4.71. The molecule has 4 aromatic rings. The number of hydrogen-bond donors (Lipinski definition) is 3. The predicted molar refractivity (Wildman–Crippen MR) is 162 cm³/mol. The highest BCUT2D eigenvalue weighted by Gasteiger charge is 2.24. The first kappa shape index (κ1) is 30.3. The molecule has 2 aromatic carbocycles. The van der Waals surface area contributed by atoms with Crippen LogP contribution in [0.1, 0.15) is 26.3 Å². The van der Waals surface area contributed by atoms with E-state index >= 15 is 0 Å². The number of hydrogen-bond acceptors (Lipinski definition) is 8. The molecule has 12 heteroatoms. The summed E-state index contributed by atoms with van der Waals surface area (Å²) in [6.07, 6.45) is 2.96. The molecule has 0 aliphatic heterocycles. The molecule has 4 rings (SSSR count). The molecular formula is C30H34N6O5S. The van der Waals surface area contributed by atoms with Crippen molar-refractivity contribution in [1.82, 2.24) is 19.9 Å². The van der Waals surface area contributed by atoms with Gasteiger partial charge in [0.25, 0.3) is 15.6 Å². The van der Waals surface area contributed by atoms with E-state index in [1.165, 1.54) is 36.1 Å². The number of anilines is 2. The largest absolute Gasteiger partial charge is 0.444 e. The molecule has 0 radical (unpaired) electrons. The molecule has 3 N–H and O–H groups in total. The van der Waals surface area contributed by atoms with E-state index in [9.17, 15) is 18.0 Å². The Balaban J connectivity index is 1.68. The zero-order valence-corrected chi connectivity index (χ0v) is 24.7. The molecule has 0 saturated carbocycles. The van der Waals surface area contributed by atoms with Gasteiger partial charge in [0.2, 0.25) is 5.95 Å². The van der Waals surface area contributed by atoms with Crippen LogP contribution in [0.4, 0.5) is 16.4 Å². The highest BCUT2D eigenvalue weighted by Crippen LogP contribution is 2.26. The van der Waals surface area contributed by atoms with E-state index in [0.29, 0.717) is 12.0 Å². The molecule has 0 fully saturated rings. The molecular weight excluding hydrogens is 556 g/mol. The molecule has 0 aliphatic carbocycles. The quantitative estimate of drug-likeness (QED) is 0.249. The topological polar surface area (TPSA) is 144 Å². The average Bonchev–Trinajstić information content (AvgIpc) is 2.95. The Morgan fingerprint density at radius 3 is 2.21 bits per heavy atom. The van der Waals surface area contributed by atoms with Crippen molar-refractivity contribution in [1.29, 1.82) is 0 Å². The summed E-state index contributed by atoms with van der Waals surface area (Å²) in [4.78, 5) is 34.9. The summed E-state index contributed by atoms with van der Waals surface area (Å²) in [5.41, 5.74) is 0.115. The van der Waals surface area contributed by atoms with E-state index in [4.69, 9.17) is 4.74 Å². The summed E-state index contributed by atoms with van der Waals surface area (Å²) in [5.74, 6) is 0.179. The number of ether oxygens (including phenoxy) is 1. The summed E-state index contributed by atoms with van der Waals surface area (Å²) in [6, 6.07) is 20.2. The van der Waals surface area contributed by atoms with E-state index in [-0.39, 0.29) is 28.8 Å². The predicted octanol–water partition coefficient (Wildman–Crippen LogP) is 4.19. The molecule has 1 amide bonds. The highest BCUT2D eigenvalue weighted by molar-refractivity contribution is 7.92. The summed E-state index contributed by atoms with van der Waals surface area (Å²) < 4.78 is 35.4. The van der Waals surface area contributed by atoms with Gasteiger partial charge in [0.1, 0.15) is 17.0 Å². The van der Waals surface area contributed by atoms with Gasteiger partial charge in [-0.25, -0.2) is 18.2 Å². The minimum absolute atomic E-state index is 0.00639. The van der Waals surface area contributed by atoms with Gasteiger partial charge in [0, 0.05) is 31.5 Å². The third-order valence-corrected chi connectivity index (χ3v) is 7.45. The summed E-state index contributed by atoms with van der Waals surface area (Å²) >= 11 is 0. The number of alkyl carbamates (subject to hydrolysis) is 1. The van der Waals surface area contributed by atoms with Crippen LogP contribution in [0.2, 0.25) is 0 Å². The van der Waals surface area contributed by atoms with Crippen molar-refractivity contribution in [2.45, 2.75) is 43.7 Å². The molecule has 0 spiro atoms. The number of nitrogens with zero attached hydrogens (tertiary/aromatic N) is 3. The van der Waals surface area contributed by atoms with Gasteiger partial charge in [-0.2, -0.15) is 0 Å². The van der Waals surface area contributed by atoms with Crippen LogP contribution in [0, 0.1) is 0 Å². The van der Waals surface area contributed by atoms with Gasteiger partial charge < -0.3 is 15.4 Å². The molecule has 2 heterocycles. The van der Waals surface area contributed by atoms with Crippen molar-refractivity contribution in [2.24, 2.45) is 7.05 Å². The summed E-state index contributed by atoms with van der Waals surface area (Å²) in [6.45, 7) is 5.54. The maximum atomic E-state index is 13.6.